The highest BCUT2D eigenvalue weighted by Gasteiger charge is 1.95. The SMILES string of the molecule is NCC(N)OSO. The maximum Gasteiger partial charge on any atom is 0.157 e. The summed E-state index contributed by atoms with van der Waals surface area (Å²) in [5, 5.41) is 0. The lowest BCUT2D eigenvalue weighted by molar-refractivity contribution is 0.242. The van der Waals surface area contributed by atoms with Crippen molar-refractivity contribution in [1.29, 1.82) is 0 Å². The zero-order valence-electron chi connectivity index (χ0n) is 3.70. The summed E-state index contributed by atoms with van der Waals surface area (Å²) in [6.45, 7) is 0.216. The molecule has 0 fully saturated rings. The Bertz CT molecular complexity index is 44.7. The molecule has 1 atom stereocenters. The average molecular weight is 124 g/mol. The Morgan fingerprint density at radius 2 is 2.43 bits per heavy atom. The number of hydrogen-bond donors (Lipinski definition) is 3. The molecule has 0 saturated carbocycles. The molecule has 44 valence electrons. The normalized spacial score (nSPS) is 14.1. The van der Waals surface area contributed by atoms with E-state index in [1.165, 1.54) is 0 Å². The predicted octanol–water partition coefficient (Wildman–Crippen LogP) is -0.632. The minimum atomic E-state index is -0.560. The molecule has 0 heterocycles. The molecule has 0 aliphatic carbocycles. The summed E-state index contributed by atoms with van der Waals surface area (Å²) in [7, 11) is 0. The van der Waals surface area contributed by atoms with E-state index in [4.69, 9.17) is 16.0 Å². The molecule has 0 aromatic heterocycles. The molecule has 1 unspecified atom stereocenters. The van der Waals surface area contributed by atoms with Crippen LogP contribution in [0.2, 0.25) is 0 Å². The molecule has 0 aromatic rings. The van der Waals surface area contributed by atoms with Crippen molar-refractivity contribution in [2.24, 2.45) is 11.5 Å². The van der Waals surface area contributed by atoms with Crippen molar-refractivity contribution in [2.75, 3.05) is 6.54 Å². The minimum Gasteiger partial charge on any atom is -0.327 e. The van der Waals surface area contributed by atoms with E-state index in [1.807, 2.05) is 0 Å². The van der Waals surface area contributed by atoms with E-state index in [0.717, 1.165) is 0 Å². The zero-order valence-corrected chi connectivity index (χ0v) is 4.52. The molecule has 4 nitrogen and oxygen atoms in total. The van der Waals surface area contributed by atoms with Crippen molar-refractivity contribution >= 4 is 12.3 Å². The molecule has 7 heavy (non-hydrogen) atoms. The van der Waals surface area contributed by atoms with E-state index in [-0.39, 0.29) is 18.9 Å². The largest absolute Gasteiger partial charge is 0.327 e. The standard InChI is InChI=1S/C2H8N2O2S/c3-1-2(4)6-7-5/h2,5H,1,3-4H2. The first kappa shape index (κ1) is 7.19. The quantitative estimate of drug-likeness (QED) is 0.344. The van der Waals surface area contributed by atoms with Crippen molar-refractivity contribution in [3.05, 3.63) is 0 Å². The lowest BCUT2D eigenvalue weighted by Gasteiger charge is -2.02. The van der Waals surface area contributed by atoms with Crippen LogP contribution in [0.15, 0.2) is 0 Å². The van der Waals surface area contributed by atoms with E-state index in [2.05, 4.69) is 4.18 Å². The van der Waals surface area contributed by atoms with Crippen molar-refractivity contribution in [2.45, 2.75) is 6.23 Å². The monoisotopic (exact) mass is 124 g/mol. The Labute approximate surface area is 46.2 Å². The van der Waals surface area contributed by atoms with Gasteiger partial charge >= 0.3 is 0 Å². The summed E-state index contributed by atoms with van der Waals surface area (Å²) >= 11 is 0.229. The van der Waals surface area contributed by atoms with Gasteiger partial charge in [0.25, 0.3) is 0 Å². The van der Waals surface area contributed by atoms with Crippen LogP contribution in [0, 0.1) is 0 Å². The molecule has 0 bridgehead atoms. The topological polar surface area (TPSA) is 81.5 Å². The Kier molecular flexibility index (Phi) is 4.47. The van der Waals surface area contributed by atoms with Crippen LogP contribution >= 0.6 is 12.3 Å². The van der Waals surface area contributed by atoms with E-state index < -0.39 is 6.23 Å². The fourth-order valence-corrected chi connectivity index (χ4v) is 0.284. The van der Waals surface area contributed by atoms with Crippen LogP contribution in [0.4, 0.5) is 0 Å². The Morgan fingerprint density at radius 3 is 2.57 bits per heavy atom. The molecule has 0 aromatic carbocycles. The fourth-order valence-electron chi connectivity index (χ4n) is 0.0946. The van der Waals surface area contributed by atoms with E-state index >= 15 is 0 Å². The van der Waals surface area contributed by atoms with Crippen molar-refractivity contribution in [3.63, 3.8) is 0 Å². The maximum absolute atomic E-state index is 7.93. The third-order valence-electron chi connectivity index (χ3n) is 0.399. The molecule has 0 radical (unpaired) electrons. The zero-order chi connectivity index (χ0) is 5.70. The van der Waals surface area contributed by atoms with Gasteiger partial charge in [-0.2, -0.15) is 0 Å². The Balaban J connectivity index is 2.83. The third-order valence-corrected chi connectivity index (χ3v) is 0.732. The first-order valence-electron chi connectivity index (χ1n) is 1.73. The van der Waals surface area contributed by atoms with Crippen LogP contribution in [0.1, 0.15) is 0 Å². The lowest BCUT2D eigenvalue weighted by atomic mass is 10.6. The van der Waals surface area contributed by atoms with Crippen LogP contribution in [0.25, 0.3) is 0 Å². The number of rotatable bonds is 3. The molecule has 0 saturated heterocycles. The highest BCUT2D eigenvalue weighted by molar-refractivity contribution is 7.88. The van der Waals surface area contributed by atoms with Crippen molar-refractivity contribution in [3.8, 4) is 0 Å². The summed E-state index contributed by atoms with van der Waals surface area (Å²) in [6, 6.07) is 0. The molecule has 0 aliphatic rings. The maximum atomic E-state index is 7.93. The van der Waals surface area contributed by atoms with Gasteiger partial charge in [0.1, 0.15) is 6.23 Å². The van der Waals surface area contributed by atoms with Crippen LogP contribution in [-0.4, -0.2) is 17.3 Å². The van der Waals surface area contributed by atoms with Crippen LogP contribution in [0.3, 0.4) is 0 Å². The van der Waals surface area contributed by atoms with Gasteiger partial charge in [-0.05, 0) is 0 Å². The van der Waals surface area contributed by atoms with Gasteiger partial charge in [-0.3, -0.25) is 4.18 Å². The van der Waals surface area contributed by atoms with Gasteiger partial charge < -0.3 is 16.0 Å². The second kappa shape index (κ2) is 4.35. The van der Waals surface area contributed by atoms with Crippen LogP contribution in [0.5, 0.6) is 0 Å². The van der Waals surface area contributed by atoms with E-state index in [0.29, 0.717) is 0 Å². The summed E-state index contributed by atoms with van der Waals surface area (Å²) in [4.78, 5) is 0. The van der Waals surface area contributed by atoms with Crippen LogP contribution < -0.4 is 11.5 Å². The first-order chi connectivity index (χ1) is 3.31. The highest BCUT2D eigenvalue weighted by Crippen LogP contribution is 1.94. The lowest BCUT2D eigenvalue weighted by Crippen LogP contribution is -2.30. The molecule has 5 heteroatoms. The number of hydrogen-bond acceptors (Lipinski definition) is 5. The third kappa shape index (κ3) is 4.03. The highest BCUT2D eigenvalue weighted by atomic mass is 32.2. The predicted molar refractivity (Wildman–Crippen MR) is 28.3 cm³/mol. The van der Waals surface area contributed by atoms with Gasteiger partial charge in [-0.15, -0.1) is 0 Å². The summed E-state index contributed by atoms with van der Waals surface area (Å²) in [6.07, 6.45) is -0.560. The molecule has 0 amide bonds. The second-order valence-electron chi connectivity index (χ2n) is 0.945. The molecule has 0 rings (SSSR count). The molecular formula is C2H8N2O2S. The Hall–Kier alpha value is 0.190. The summed E-state index contributed by atoms with van der Waals surface area (Å²) < 4.78 is 12.2. The second-order valence-corrected chi connectivity index (χ2v) is 1.29. The van der Waals surface area contributed by atoms with Gasteiger partial charge in [0.2, 0.25) is 0 Å². The molecule has 0 aliphatic heterocycles. The van der Waals surface area contributed by atoms with Gasteiger partial charge in [-0.25, -0.2) is 0 Å². The number of nitrogens with two attached hydrogens (primary N) is 2. The minimum absolute atomic E-state index is 0.216. The summed E-state index contributed by atoms with van der Waals surface area (Å²) in [5.41, 5.74) is 10.0. The summed E-state index contributed by atoms with van der Waals surface area (Å²) in [5.74, 6) is 0. The average Bonchev–Trinajstić information content (AvgIpc) is 1.68. The van der Waals surface area contributed by atoms with E-state index in [1.54, 1.807) is 0 Å². The molecular weight excluding hydrogens is 116 g/mol. The fraction of sp³-hybridized carbons (Fsp3) is 1.00. The van der Waals surface area contributed by atoms with Gasteiger partial charge in [0, 0.05) is 6.54 Å². The van der Waals surface area contributed by atoms with Gasteiger partial charge in [0.05, 0.1) is 0 Å². The van der Waals surface area contributed by atoms with Crippen molar-refractivity contribution < 1.29 is 8.74 Å². The smallest absolute Gasteiger partial charge is 0.157 e. The molecule has 5 N–H and O–H groups in total. The molecule has 0 spiro atoms. The first-order valence-corrected chi connectivity index (χ1v) is 2.43. The van der Waals surface area contributed by atoms with Gasteiger partial charge in [0.15, 0.2) is 12.3 Å². The van der Waals surface area contributed by atoms with Crippen molar-refractivity contribution in [1.82, 2.24) is 0 Å². The van der Waals surface area contributed by atoms with Gasteiger partial charge in [-0.1, -0.05) is 0 Å². The van der Waals surface area contributed by atoms with Crippen LogP contribution in [-0.2, 0) is 4.18 Å². The Morgan fingerprint density at radius 1 is 1.86 bits per heavy atom. The van der Waals surface area contributed by atoms with E-state index in [9.17, 15) is 0 Å².